The Hall–Kier alpha value is -0.570. The molecule has 0 aliphatic heterocycles. The van der Waals surface area contributed by atoms with Crippen LogP contribution in [0.3, 0.4) is 0 Å². The summed E-state index contributed by atoms with van der Waals surface area (Å²) in [6.45, 7) is 3.90. The molecule has 2 unspecified atom stereocenters. The van der Waals surface area contributed by atoms with Gasteiger partial charge < -0.3 is 10.6 Å². The standard InChI is InChI=1S/C13H24N2O/c1-2-15(9-10-5-3-6-10)13(16)11-7-4-8-12(11)14/h10-12H,2-9,14H2,1H3. The minimum atomic E-state index is 0.111. The molecule has 0 heterocycles. The molecule has 0 aromatic heterocycles. The van der Waals surface area contributed by atoms with Gasteiger partial charge in [0.25, 0.3) is 0 Å². The van der Waals surface area contributed by atoms with Crippen molar-refractivity contribution in [3.8, 4) is 0 Å². The van der Waals surface area contributed by atoms with Gasteiger partial charge in [-0.2, -0.15) is 0 Å². The highest BCUT2D eigenvalue weighted by molar-refractivity contribution is 5.79. The van der Waals surface area contributed by atoms with E-state index in [2.05, 4.69) is 6.92 Å². The number of amides is 1. The van der Waals surface area contributed by atoms with E-state index in [1.54, 1.807) is 0 Å². The predicted octanol–water partition coefficient (Wildman–Crippen LogP) is 1.76. The van der Waals surface area contributed by atoms with Gasteiger partial charge in [0.2, 0.25) is 5.91 Å². The van der Waals surface area contributed by atoms with E-state index in [4.69, 9.17) is 5.73 Å². The van der Waals surface area contributed by atoms with Crippen molar-refractivity contribution in [3.63, 3.8) is 0 Å². The molecule has 2 fully saturated rings. The minimum Gasteiger partial charge on any atom is -0.342 e. The zero-order valence-electron chi connectivity index (χ0n) is 10.3. The third-order valence-corrected chi connectivity index (χ3v) is 4.28. The third kappa shape index (κ3) is 2.40. The van der Waals surface area contributed by atoms with Crippen LogP contribution in [0.1, 0.15) is 45.4 Å². The molecule has 2 aliphatic carbocycles. The number of nitrogens with zero attached hydrogens (tertiary/aromatic N) is 1. The molecule has 0 spiro atoms. The highest BCUT2D eigenvalue weighted by atomic mass is 16.2. The predicted molar refractivity (Wildman–Crippen MR) is 64.9 cm³/mol. The Morgan fingerprint density at radius 2 is 1.94 bits per heavy atom. The molecule has 0 aromatic rings. The summed E-state index contributed by atoms with van der Waals surface area (Å²) in [7, 11) is 0. The normalized spacial score (nSPS) is 30.1. The third-order valence-electron chi connectivity index (χ3n) is 4.28. The van der Waals surface area contributed by atoms with Crippen molar-refractivity contribution in [2.75, 3.05) is 13.1 Å². The molecule has 0 saturated heterocycles. The summed E-state index contributed by atoms with van der Waals surface area (Å²) in [5.41, 5.74) is 6.00. The molecule has 2 aliphatic rings. The average Bonchev–Trinajstić information content (AvgIpc) is 2.62. The first-order valence-corrected chi connectivity index (χ1v) is 6.76. The van der Waals surface area contributed by atoms with Crippen molar-refractivity contribution in [1.82, 2.24) is 4.90 Å². The Bertz CT molecular complexity index is 250. The average molecular weight is 224 g/mol. The summed E-state index contributed by atoms with van der Waals surface area (Å²) in [5, 5.41) is 0. The first kappa shape index (κ1) is 11.9. The quantitative estimate of drug-likeness (QED) is 0.791. The Morgan fingerprint density at radius 1 is 1.25 bits per heavy atom. The van der Waals surface area contributed by atoms with E-state index in [1.807, 2.05) is 4.90 Å². The van der Waals surface area contributed by atoms with Gasteiger partial charge >= 0.3 is 0 Å². The van der Waals surface area contributed by atoms with Crippen molar-refractivity contribution >= 4 is 5.91 Å². The lowest BCUT2D eigenvalue weighted by molar-refractivity contribution is -0.136. The van der Waals surface area contributed by atoms with Crippen molar-refractivity contribution in [2.45, 2.75) is 51.5 Å². The van der Waals surface area contributed by atoms with Gasteiger partial charge in [0.1, 0.15) is 0 Å². The highest BCUT2D eigenvalue weighted by Gasteiger charge is 2.34. The second-order valence-electron chi connectivity index (χ2n) is 5.38. The lowest BCUT2D eigenvalue weighted by atomic mass is 9.85. The van der Waals surface area contributed by atoms with Crippen LogP contribution < -0.4 is 5.73 Å². The van der Waals surface area contributed by atoms with Gasteiger partial charge in [0.05, 0.1) is 5.92 Å². The van der Waals surface area contributed by atoms with Crippen LogP contribution in [0.2, 0.25) is 0 Å². The van der Waals surface area contributed by atoms with Crippen LogP contribution in [0.15, 0.2) is 0 Å². The molecule has 2 atom stereocenters. The van der Waals surface area contributed by atoms with Crippen LogP contribution in [0.25, 0.3) is 0 Å². The molecule has 0 radical (unpaired) electrons. The number of carbonyl (C=O) groups is 1. The monoisotopic (exact) mass is 224 g/mol. The van der Waals surface area contributed by atoms with Crippen molar-refractivity contribution in [1.29, 1.82) is 0 Å². The summed E-state index contributed by atoms with van der Waals surface area (Å²) in [5.74, 6) is 1.20. The summed E-state index contributed by atoms with van der Waals surface area (Å²) in [4.78, 5) is 14.3. The van der Waals surface area contributed by atoms with Gasteiger partial charge in [-0.25, -0.2) is 0 Å². The molecule has 2 saturated carbocycles. The van der Waals surface area contributed by atoms with Gasteiger partial charge in [-0.15, -0.1) is 0 Å². The Morgan fingerprint density at radius 3 is 2.38 bits per heavy atom. The summed E-state index contributed by atoms with van der Waals surface area (Å²) in [6, 6.07) is 0.114. The van der Waals surface area contributed by atoms with E-state index >= 15 is 0 Å². The molecule has 92 valence electrons. The zero-order chi connectivity index (χ0) is 11.5. The molecule has 0 aromatic carbocycles. The van der Waals surface area contributed by atoms with E-state index in [1.165, 1.54) is 19.3 Å². The maximum absolute atomic E-state index is 12.3. The van der Waals surface area contributed by atoms with Gasteiger partial charge in [-0.1, -0.05) is 12.8 Å². The van der Waals surface area contributed by atoms with Crippen LogP contribution in [-0.2, 0) is 4.79 Å². The molecule has 1 amide bonds. The van der Waals surface area contributed by atoms with Crippen LogP contribution in [0.5, 0.6) is 0 Å². The largest absolute Gasteiger partial charge is 0.342 e. The number of hydrogen-bond acceptors (Lipinski definition) is 2. The van der Waals surface area contributed by atoms with Crippen LogP contribution in [0, 0.1) is 11.8 Å². The van der Waals surface area contributed by atoms with E-state index < -0.39 is 0 Å². The highest BCUT2D eigenvalue weighted by Crippen LogP contribution is 2.30. The van der Waals surface area contributed by atoms with Crippen molar-refractivity contribution < 1.29 is 4.79 Å². The van der Waals surface area contributed by atoms with Crippen molar-refractivity contribution in [2.24, 2.45) is 17.6 Å². The number of carbonyl (C=O) groups excluding carboxylic acids is 1. The van der Waals surface area contributed by atoms with E-state index in [9.17, 15) is 4.79 Å². The first-order chi connectivity index (χ1) is 7.72. The van der Waals surface area contributed by atoms with E-state index in [0.717, 1.165) is 38.3 Å². The second-order valence-corrected chi connectivity index (χ2v) is 5.38. The molecule has 3 heteroatoms. The number of nitrogens with two attached hydrogens (primary N) is 1. The molecule has 3 nitrogen and oxygen atoms in total. The summed E-state index contributed by atoms with van der Waals surface area (Å²) >= 11 is 0. The van der Waals surface area contributed by atoms with E-state index in [0.29, 0.717) is 5.91 Å². The molecule has 2 N–H and O–H groups in total. The van der Waals surface area contributed by atoms with Gasteiger partial charge in [-0.05, 0) is 38.5 Å². The fraction of sp³-hybridized carbons (Fsp3) is 0.923. The van der Waals surface area contributed by atoms with Crippen LogP contribution in [-0.4, -0.2) is 29.9 Å². The Labute approximate surface area is 98.4 Å². The Balaban J connectivity index is 1.89. The molecular formula is C13H24N2O. The number of hydrogen-bond donors (Lipinski definition) is 1. The zero-order valence-corrected chi connectivity index (χ0v) is 10.3. The Kier molecular flexibility index (Phi) is 3.85. The second kappa shape index (κ2) is 5.17. The van der Waals surface area contributed by atoms with Gasteiger partial charge in [-0.3, -0.25) is 4.79 Å². The fourth-order valence-corrected chi connectivity index (χ4v) is 2.89. The molecule has 2 rings (SSSR count). The molecule has 0 bridgehead atoms. The summed E-state index contributed by atoms with van der Waals surface area (Å²) < 4.78 is 0. The van der Waals surface area contributed by atoms with Crippen LogP contribution in [0.4, 0.5) is 0 Å². The lowest BCUT2D eigenvalue weighted by Crippen LogP contribution is -2.44. The lowest BCUT2D eigenvalue weighted by Gasteiger charge is -2.33. The number of rotatable bonds is 4. The van der Waals surface area contributed by atoms with E-state index in [-0.39, 0.29) is 12.0 Å². The molecular weight excluding hydrogens is 200 g/mol. The summed E-state index contributed by atoms with van der Waals surface area (Å²) in [6.07, 6.45) is 7.11. The van der Waals surface area contributed by atoms with Crippen LogP contribution >= 0.6 is 0 Å². The SMILES string of the molecule is CCN(CC1CCC1)C(=O)C1CCCC1N. The molecule has 16 heavy (non-hydrogen) atoms. The minimum absolute atomic E-state index is 0.111. The fourth-order valence-electron chi connectivity index (χ4n) is 2.89. The maximum Gasteiger partial charge on any atom is 0.227 e. The maximum atomic E-state index is 12.3. The van der Waals surface area contributed by atoms with Crippen molar-refractivity contribution in [3.05, 3.63) is 0 Å². The smallest absolute Gasteiger partial charge is 0.227 e. The van der Waals surface area contributed by atoms with Gasteiger partial charge in [0.15, 0.2) is 0 Å². The first-order valence-electron chi connectivity index (χ1n) is 6.76. The topological polar surface area (TPSA) is 46.3 Å². The van der Waals surface area contributed by atoms with Gasteiger partial charge in [0, 0.05) is 19.1 Å².